The van der Waals surface area contributed by atoms with Crippen molar-refractivity contribution in [2.75, 3.05) is 25.0 Å². The number of nitrogens with zero attached hydrogens (tertiary/aromatic N) is 1. The predicted molar refractivity (Wildman–Crippen MR) is 104 cm³/mol. The van der Waals surface area contributed by atoms with Crippen molar-refractivity contribution in [2.45, 2.75) is 19.8 Å². The summed E-state index contributed by atoms with van der Waals surface area (Å²) < 4.78 is 13.1. The van der Waals surface area contributed by atoms with Crippen molar-refractivity contribution in [3.8, 4) is 0 Å². The summed E-state index contributed by atoms with van der Waals surface area (Å²) in [5.41, 5.74) is 1.65. The molecule has 0 aliphatic heterocycles. The minimum absolute atomic E-state index is 0.0500. The van der Waals surface area contributed by atoms with Crippen LogP contribution in [0.2, 0.25) is 0 Å². The van der Waals surface area contributed by atoms with Crippen LogP contribution in [0, 0.1) is 5.82 Å². The number of aliphatic imine (C=N–C) groups is 1. The number of hydrogen-bond donors (Lipinski definition) is 3. The van der Waals surface area contributed by atoms with Crippen molar-refractivity contribution in [1.29, 1.82) is 0 Å². The van der Waals surface area contributed by atoms with Gasteiger partial charge in [0.25, 0.3) is 0 Å². The van der Waals surface area contributed by atoms with Crippen LogP contribution in [-0.2, 0) is 4.79 Å². The summed E-state index contributed by atoms with van der Waals surface area (Å²) in [5, 5.41) is 8.99. The van der Waals surface area contributed by atoms with Gasteiger partial charge in [0.15, 0.2) is 5.96 Å². The Kier molecular flexibility index (Phi) is 7.61. The van der Waals surface area contributed by atoms with Crippen LogP contribution in [0.15, 0.2) is 59.6 Å². The fourth-order valence-electron chi connectivity index (χ4n) is 2.41. The van der Waals surface area contributed by atoms with E-state index in [0.717, 1.165) is 0 Å². The second kappa shape index (κ2) is 10.2. The summed E-state index contributed by atoms with van der Waals surface area (Å²) in [7, 11) is 0. The van der Waals surface area contributed by atoms with Crippen LogP contribution in [0.5, 0.6) is 0 Å². The SMILES string of the molecule is CCNC(=NCC(=O)Nc1cccc(F)c1)NCC(C)c1ccccc1. The average Bonchev–Trinajstić information content (AvgIpc) is 2.64. The molecule has 2 aromatic rings. The Hall–Kier alpha value is -2.89. The van der Waals surface area contributed by atoms with E-state index < -0.39 is 5.82 Å². The van der Waals surface area contributed by atoms with Gasteiger partial charge in [0.2, 0.25) is 5.91 Å². The number of anilines is 1. The third-order valence-corrected chi connectivity index (χ3v) is 3.78. The molecule has 138 valence electrons. The molecule has 0 aromatic heterocycles. The molecular formula is C20H25FN4O. The van der Waals surface area contributed by atoms with Crippen molar-refractivity contribution in [3.63, 3.8) is 0 Å². The zero-order valence-corrected chi connectivity index (χ0v) is 15.1. The van der Waals surface area contributed by atoms with Crippen LogP contribution in [0.25, 0.3) is 0 Å². The van der Waals surface area contributed by atoms with Gasteiger partial charge < -0.3 is 16.0 Å². The molecule has 0 saturated carbocycles. The topological polar surface area (TPSA) is 65.5 Å². The molecule has 0 aliphatic rings. The maximum atomic E-state index is 13.1. The first-order chi connectivity index (χ1) is 12.6. The number of rotatable bonds is 7. The molecule has 0 bridgehead atoms. The van der Waals surface area contributed by atoms with Crippen molar-refractivity contribution < 1.29 is 9.18 Å². The van der Waals surface area contributed by atoms with Crippen LogP contribution in [0.3, 0.4) is 0 Å². The van der Waals surface area contributed by atoms with Gasteiger partial charge in [-0.05, 0) is 36.6 Å². The maximum Gasteiger partial charge on any atom is 0.246 e. The van der Waals surface area contributed by atoms with Crippen LogP contribution >= 0.6 is 0 Å². The molecule has 0 spiro atoms. The molecule has 1 unspecified atom stereocenters. The molecule has 3 N–H and O–H groups in total. The molecule has 26 heavy (non-hydrogen) atoms. The van der Waals surface area contributed by atoms with Crippen molar-refractivity contribution >= 4 is 17.6 Å². The molecule has 1 atom stereocenters. The number of nitrogens with one attached hydrogen (secondary N) is 3. The Morgan fingerprint density at radius 1 is 1.12 bits per heavy atom. The van der Waals surface area contributed by atoms with Gasteiger partial charge in [-0.1, -0.05) is 43.3 Å². The van der Waals surface area contributed by atoms with Gasteiger partial charge in [-0.25, -0.2) is 9.38 Å². The lowest BCUT2D eigenvalue weighted by atomic mass is 10.0. The van der Waals surface area contributed by atoms with Gasteiger partial charge in [-0.15, -0.1) is 0 Å². The first kappa shape index (κ1) is 19.4. The van der Waals surface area contributed by atoms with Crippen molar-refractivity contribution in [1.82, 2.24) is 10.6 Å². The van der Waals surface area contributed by atoms with Crippen LogP contribution in [0.1, 0.15) is 25.3 Å². The van der Waals surface area contributed by atoms with E-state index in [1.165, 1.54) is 17.7 Å². The number of carbonyl (C=O) groups is 1. The van der Waals surface area contributed by atoms with E-state index in [4.69, 9.17) is 0 Å². The summed E-state index contributed by atoms with van der Waals surface area (Å²) in [6, 6.07) is 16.0. The van der Waals surface area contributed by atoms with Gasteiger partial charge >= 0.3 is 0 Å². The summed E-state index contributed by atoms with van der Waals surface area (Å²) in [4.78, 5) is 16.3. The lowest BCUT2D eigenvalue weighted by Crippen LogP contribution is -2.39. The smallest absolute Gasteiger partial charge is 0.246 e. The predicted octanol–water partition coefficient (Wildman–Crippen LogP) is 3.12. The Balaban J connectivity index is 1.88. The number of guanidine groups is 1. The molecular weight excluding hydrogens is 331 g/mol. The summed E-state index contributed by atoms with van der Waals surface area (Å²) >= 11 is 0. The lowest BCUT2D eigenvalue weighted by Gasteiger charge is -2.16. The normalized spacial score (nSPS) is 12.3. The van der Waals surface area contributed by atoms with E-state index >= 15 is 0 Å². The Bertz CT molecular complexity index is 734. The summed E-state index contributed by atoms with van der Waals surface area (Å²) in [6.07, 6.45) is 0. The number of hydrogen-bond acceptors (Lipinski definition) is 2. The van der Waals surface area contributed by atoms with Gasteiger partial charge in [-0.3, -0.25) is 4.79 Å². The van der Waals surface area contributed by atoms with Gasteiger partial charge in [-0.2, -0.15) is 0 Å². The molecule has 5 nitrogen and oxygen atoms in total. The Morgan fingerprint density at radius 3 is 2.58 bits per heavy atom. The summed E-state index contributed by atoms with van der Waals surface area (Å²) in [5.74, 6) is 0.186. The lowest BCUT2D eigenvalue weighted by molar-refractivity contribution is -0.114. The molecule has 6 heteroatoms. The zero-order chi connectivity index (χ0) is 18.8. The number of halogens is 1. The van der Waals surface area contributed by atoms with Crippen LogP contribution in [-0.4, -0.2) is 31.5 Å². The highest BCUT2D eigenvalue weighted by molar-refractivity contribution is 5.94. The van der Waals surface area contributed by atoms with E-state index in [2.05, 4.69) is 40.0 Å². The first-order valence-electron chi connectivity index (χ1n) is 8.71. The van der Waals surface area contributed by atoms with Gasteiger partial charge in [0.1, 0.15) is 12.4 Å². The average molecular weight is 356 g/mol. The van der Waals surface area contributed by atoms with E-state index in [1.807, 2.05) is 25.1 Å². The van der Waals surface area contributed by atoms with Crippen molar-refractivity contribution in [3.05, 3.63) is 66.0 Å². The minimum Gasteiger partial charge on any atom is -0.357 e. The third-order valence-electron chi connectivity index (χ3n) is 3.78. The molecule has 0 fully saturated rings. The highest BCUT2D eigenvalue weighted by atomic mass is 19.1. The molecule has 2 aromatic carbocycles. The second-order valence-electron chi connectivity index (χ2n) is 5.95. The molecule has 0 saturated heterocycles. The van der Waals surface area contributed by atoms with E-state index in [9.17, 15) is 9.18 Å². The zero-order valence-electron chi connectivity index (χ0n) is 15.1. The van der Waals surface area contributed by atoms with Crippen LogP contribution < -0.4 is 16.0 Å². The monoisotopic (exact) mass is 356 g/mol. The number of amides is 1. The molecule has 1 amide bonds. The summed E-state index contributed by atoms with van der Waals surface area (Å²) in [6.45, 7) is 5.43. The van der Waals surface area contributed by atoms with Gasteiger partial charge in [0.05, 0.1) is 0 Å². The van der Waals surface area contributed by atoms with E-state index in [0.29, 0.717) is 30.7 Å². The Morgan fingerprint density at radius 2 is 1.88 bits per heavy atom. The van der Waals surface area contributed by atoms with E-state index in [-0.39, 0.29) is 12.5 Å². The third kappa shape index (κ3) is 6.55. The Labute approximate surface area is 153 Å². The minimum atomic E-state index is -0.392. The molecule has 0 heterocycles. The number of benzene rings is 2. The van der Waals surface area contributed by atoms with Crippen LogP contribution in [0.4, 0.5) is 10.1 Å². The van der Waals surface area contributed by atoms with E-state index in [1.54, 1.807) is 12.1 Å². The highest BCUT2D eigenvalue weighted by Crippen LogP contribution is 2.13. The maximum absolute atomic E-state index is 13.1. The molecule has 0 aliphatic carbocycles. The second-order valence-corrected chi connectivity index (χ2v) is 5.95. The number of carbonyl (C=O) groups excluding carboxylic acids is 1. The standard InChI is InChI=1S/C20H25FN4O/c1-3-22-20(23-13-15(2)16-8-5-4-6-9-16)24-14-19(26)25-18-11-7-10-17(21)12-18/h4-12,15H,3,13-14H2,1-2H3,(H,25,26)(H2,22,23,24). The fraction of sp³-hybridized carbons (Fsp3) is 0.300. The fourth-order valence-corrected chi connectivity index (χ4v) is 2.41. The van der Waals surface area contributed by atoms with Gasteiger partial charge in [0, 0.05) is 18.8 Å². The molecule has 2 rings (SSSR count). The quantitative estimate of drug-likeness (QED) is 0.527. The molecule has 0 radical (unpaired) electrons. The van der Waals surface area contributed by atoms with Crippen molar-refractivity contribution in [2.24, 2.45) is 4.99 Å². The largest absolute Gasteiger partial charge is 0.357 e. The first-order valence-corrected chi connectivity index (χ1v) is 8.71. The highest BCUT2D eigenvalue weighted by Gasteiger charge is 2.07.